The molecule has 0 spiro atoms. The number of hydrogen-bond donors (Lipinski definition) is 5. The lowest BCUT2D eigenvalue weighted by Gasteiger charge is -2.39. The molecule has 2 rings (SSSR count). The molecule has 27 heavy (non-hydrogen) atoms. The Bertz CT molecular complexity index is 805. The van der Waals surface area contributed by atoms with E-state index >= 15 is 0 Å². The van der Waals surface area contributed by atoms with Gasteiger partial charge in [-0.15, -0.1) is 0 Å². The van der Waals surface area contributed by atoms with Crippen LogP contribution in [0, 0.1) is 0 Å². The van der Waals surface area contributed by atoms with Crippen molar-refractivity contribution in [3.63, 3.8) is 0 Å². The van der Waals surface area contributed by atoms with Gasteiger partial charge < -0.3 is 25.2 Å². The van der Waals surface area contributed by atoms with Crippen molar-refractivity contribution >= 4 is 50.4 Å². The first-order chi connectivity index (χ1) is 12.5. The molecule has 152 valence electrons. The maximum Gasteiger partial charge on any atom is 0.466 e. The fourth-order valence-electron chi connectivity index (χ4n) is 2.16. The zero-order chi connectivity index (χ0) is 20.4. The van der Waals surface area contributed by atoms with Gasteiger partial charge in [0.15, 0.2) is 0 Å². The molecule has 1 aliphatic rings. The van der Waals surface area contributed by atoms with E-state index < -0.39 is 46.9 Å². The van der Waals surface area contributed by atoms with Crippen LogP contribution in [0.1, 0.15) is 5.56 Å². The van der Waals surface area contributed by atoms with Gasteiger partial charge in [-0.05, 0) is 6.07 Å². The van der Waals surface area contributed by atoms with E-state index in [4.69, 9.17) is 32.5 Å². The summed E-state index contributed by atoms with van der Waals surface area (Å²) in [4.78, 5) is 0. The van der Waals surface area contributed by atoms with Crippen LogP contribution >= 0.6 is 35.0 Å². The lowest BCUT2D eigenvalue weighted by molar-refractivity contribution is -0.205. The Morgan fingerprint density at radius 2 is 1.89 bits per heavy atom. The highest BCUT2D eigenvalue weighted by Crippen LogP contribution is 2.34. The number of hydrogen-bond acceptors (Lipinski definition) is 10. The molecule has 1 heterocycles. The molecular formula is C13H15Cl2NO9S2. The molecule has 10 nitrogen and oxygen atoms in total. The summed E-state index contributed by atoms with van der Waals surface area (Å²) in [7, 11) is -4.95. The number of benzene rings is 1. The Morgan fingerprint density at radius 3 is 2.48 bits per heavy atom. The number of nitrogens with zero attached hydrogens (tertiary/aromatic N) is 1. The Morgan fingerprint density at radius 1 is 1.22 bits per heavy atom. The zero-order valence-corrected chi connectivity index (χ0v) is 16.4. The highest BCUT2D eigenvalue weighted by atomic mass is 35.5. The SMILES string of the molecule is O=S(=O)(O)O/N=C(\S[C@@H]1O[C@H](CO)[C@@H](O)[C@H](O)[C@H]1O)c1cccc(Cl)c1Cl. The molecule has 5 N–H and O–H groups in total. The van der Waals surface area contributed by atoms with Crippen molar-refractivity contribution in [3.8, 4) is 0 Å². The van der Waals surface area contributed by atoms with Crippen LogP contribution < -0.4 is 0 Å². The predicted octanol–water partition coefficient (Wildman–Crippen LogP) is 0.00750. The van der Waals surface area contributed by atoms with Crippen LogP contribution in [0.2, 0.25) is 10.0 Å². The minimum absolute atomic E-state index is 0.0334. The standard InChI is InChI=1S/C13H15Cl2NO9S2/c14-6-3-1-2-5(8(6)15)12(16-25-27(21,22)23)26-13-11(20)10(19)9(18)7(4-17)24-13/h1-3,7,9-11,13,17-20H,4H2,(H,21,22,23)/b16-12-/t7-,9-,10+,11-,13+/m1/s1. The number of ether oxygens (including phenoxy) is 1. The van der Waals surface area contributed by atoms with Crippen molar-refractivity contribution in [2.75, 3.05) is 6.61 Å². The molecule has 0 bridgehead atoms. The molecule has 0 saturated carbocycles. The largest absolute Gasteiger partial charge is 0.466 e. The second-order valence-electron chi connectivity index (χ2n) is 5.32. The average molecular weight is 464 g/mol. The van der Waals surface area contributed by atoms with Gasteiger partial charge >= 0.3 is 10.4 Å². The molecule has 0 aromatic heterocycles. The molecule has 14 heteroatoms. The van der Waals surface area contributed by atoms with Crippen molar-refractivity contribution < 1.29 is 42.4 Å². The van der Waals surface area contributed by atoms with Crippen molar-refractivity contribution in [2.24, 2.45) is 5.16 Å². The van der Waals surface area contributed by atoms with Gasteiger partial charge in [0.1, 0.15) is 34.9 Å². The highest BCUT2D eigenvalue weighted by Gasteiger charge is 2.44. The minimum atomic E-state index is -4.95. The fraction of sp³-hybridized carbons (Fsp3) is 0.462. The van der Waals surface area contributed by atoms with E-state index in [0.717, 1.165) is 0 Å². The fourth-order valence-corrected chi connectivity index (χ4v) is 3.92. The number of thioether (sulfide) groups is 1. The number of rotatable bonds is 5. The molecule has 1 aromatic carbocycles. The van der Waals surface area contributed by atoms with E-state index in [9.17, 15) is 28.8 Å². The Balaban J connectivity index is 2.38. The summed E-state index contributed by atoms with van der Waals surface area (Å²) in [5.74, 6) is 0. The van der Waals surface area contributed by atoms with Crippen LogP contribution in [0.5, 0.6) is 0 Å². The number of aliphatic hydroxyl groups excluding tert-OH is 4. The summed E-state index contributed by atoms with van der Waals surface area (Å²) in [5, 5.41) is 42.1. The van der Waals surface area contributed by atoms with Crippen molar-refractivity contribution in [2.45, 2.75) is 29.9 Å². The molecule has 1 aliphatic heterocycles. The maximum absolute atomic E-state index is 10.8. The monoisotopic (exact) mass is 463 g/mol. The lowest BCUT2D eigenvalue weighted by Crippen LogP contribution is -2.57. The van der Waals surface area contributed by atoms with E-state index in [2.05, 4.69) is 9.44 Å². The summed E-state index contributed by atoms with van der Waals surface area (Å²) in [5.41, 5.74) is -1.23. The summed E-state index contributed by atoms with van der Waals surface area (Å²) >= 11 is 12.6. The topological polar surface area (TPSA) is 166 Å². The van der Waals surface area contributed by atoms with E-state index in [1.807, 2.05) is 0 Å². The molecule has 0 radical (unpaired) electrons. The third kappa shape index (κ3) is 5.67. The number of halogens is 2. The van der Waals surface area contributed by atoms with Crippen LogP contribution in [-0.2, 0) is 19.4 Å². The molecule has 1 saturated heterocycles. The zero-order valence-electron chi connectivity index (χ0n) is 13.2. The quantitative estimate of drug-likeness (QED) is 0.173. The average Bonchev–Trinajstić information content (AvgIpc) is 2.60. The second kappa shape index (κ2) is 9.22. The van der Waals surface area contributed by atoms with Gasteiger partial charge in [0.25, 0.3) is 0 Å². The molecule has 5 atom stereocenters. The van der Waals surface area contributed by atoms with Crippen LogP contribution in [0.25, 0.3) is 0 Å². The van der Waals surface area contributed by atoms with Gasteiger partial charge in [-0.3, -0.25) is 4.55 Å². The van der Waals surface area contributed by atoms with Crippen LogP contribution in [0.3, 0.4) is 0 Å². The number of oxime groups is 1. The van der Waals surface area contributed by atoms with Crippen LogP contribution in [0.4, 0.5) is 0 Å². The second-order valence-corrected chi connectivity index (χ2v) is 8.19. The third-order valence-electron chi connectivity index (χ3n) is 3.47. The normalized spacial score (nSPS) is 29.6. The van der Waals surface area contributed by atoms with Gasteiger partial charge in [0.05, 0.1) is 16.7 Å². The third-order valence-corrected chi connectivity index (χ3v) is 5.69. The highest BCUT2D eigenvalue weighted by molar-refractivity contribution is 8.14. The van der Waals surface area contributed by atoms with Crippen molar-refractivity contribution in [3.05, 3.63) is 33.8 Å². The van der Waals surface area contributed by atoms with Gasteiger partial charge in [-0.25, -0.2) is 4.28 Å². The Hall–Kier alpha value is -0.670. The first kappa shape index (κ1) is 22.6. The van der Waals surface area contributed by atoms with Crippen LogP contribution in [0.15, 0.2) is 23.4 Å². The first-order valence-electron chi connectivity index (χ1n) is 7.20. The van der Waals surface area contributed by atoms with Gasteiger partial charge in [0, 0.05) is 5.56 Å². The smallest absolute Gasteiger partial charge is 0.394 e. The van der Waals surface area contributed by atoms with E-state index in [0.29, 0.717) is 11.8 Å². The van der Waals surface area contributed by atoms with Crippen molar-refractivity contribution in [1.82, 2.24) is 0 Å². The number of aliphatic hydroxyl groups is 4. The summed E-state index contributed by atoms with van der Waals surface area (Å²) < 4.78 is 39.7. The van der Waals surface area contributed by atoms with Gasteiger partial charge in [-0.1, -0.05) is 52.3 Å². The minimum Gasteiger partial charge on any atom is -0.394 e. The van der Waals surface area contributed by atoms with Gasteiger partial charge in [0.2, 0.25) is 0 Å². The van der Waals surface area contributed by atoms with E-state index in [1.165, 1.54) is 18.2 Å². The molecule has 1 aromatic rings. The Labute approximate surface area is 168 Å². The lowest BCUT2D eigenvalue weighted by atomic mass is 10.0. The summed E-state index contributed by atoms with van der Waals surface area (Å²) in [6, 6.07) is 4.32. The maximum atomic E-state index is 10.8. The molecule has 0 unspecified atom stereocenters. The summed E-state index contributed by atoms with van der Waals surface area (Å²) in [6.45, 7) is -0.659. The van der Waals surface area contributed by atoms with Gasteiger partial charge in [-0.2, -0.15) is 8.42 Å². The van der Waals surface area contributed by atoms with E-state index in [1.54, 1.807) is 0 Å². The first-order valence-corrected chi connectivity index (χ1v) is 10.2. The molecule has 1 fully saturated rings. The van der Waals surface area contributed by atoms with Crippen LogP contribution in [-0.4, -0.2) is 74.9 Å². The van der Waals surface area contributed by atoms with E-state index in [-0.39, 0.29) is 20.7 Å². The molecular weight excluding hydrogens is 449 g/mol. The Kier molecular flexibility index (Phi) is 7.72. The molecule has 0 aliphatic carbocycles. The van der Waals surface area contributed by atoms with Crippen molar-refractivity contribution in [1.29, 1.82) is 0 Å². The molecule has 0 amide bonds. The summed E-state index contributed by atoms with van der Waals surface area (Å²) in [6.07, 6.45) is -6.07. The predicted molar refractivity (Wildman–Crippen MR) is 97.0 cm³/mol.